The summed E-state index contributed by atoms with van der Waals surface area (Å²) in [7, 11) is 0. The van der Waals surface area contributed by atoms with Crippen LogP contribution in [0.2, 0.25) is 0 Å². The molecule has 1 N–H and O–H groups in total. The molecular formula is C11H15N3O3. The highest BCUT2D eigenvalue weighted by Crippen LogP contribution is 2.09. The van der Waals surface area contributed by atoms with Crippen molar-refractivity contribution in [2.45, 2.75) is 19.3 Å². The van der Waals surface area contributed by atoms with Gasteiger partial charge in [0.05, 0.1) is 6.20 Å². The number of carbonyl (C=O) groups is 2. The van der Waals surface area contributed by atoms with Gasteiger partial charge in [-0.05, 0) is 12.8 Å². The first-order valence-corrected chi connectivity index (χ1v) is 5.74. The lowest BCUT2D eigenvalue weighted by atomic mass is 10.3. The van der Waals surface area contributed by atoms with Crippen molar-refractivity contribution in [2.24, 2.45) is 0 Å². The van der Waals surface area contributed by atoms with Crippen molar-refractivity contribution in [3.8, 4) is 0 Å². The maximum absolute atomic E-state index is 11.4. The summed E-state index contributed by atoms with van der Waals surface area (Å²) in [5.74, 6) is 0.157. The summed E-state index contributed by atoms with van der Waals surface area (Å²) >= 11 is 0. The van der Waals surface area contributed by atoms with Crippen LogP contribution in [0, 0.1) is 0 Å². The Morgan fingerprint density at radius 1 is 1.59 bits per heavy atom. The van der Waals surface area contributed by atoms with Gasteiger partial charge in [0.2, 0.25) is 11.7 Å². The second-order valence-corrected chi connectivity index (χ2v) is 3.97. The van der Waals surface area contributed by atoms with Gasteiger partial charge in [-0.1, -0.05) is 5.16 Å². The van der Waals surface area contributed by atoms with Crippen molar-refractivity contribution in [1.82, 2.24) is 15.4 Å². The quantitative estimate of drug-likeness (QED) is 0.753. The molecule has 92 valence electrons. The lowest BCUT2D eigenvalue weighted by Crippen LogP contribution is -2.30. The zero-order chi connectivity index (χ0) is 12.1. The van der Waals surface area contributed by atoms with Gasteiger partial charge in [-0.25, -0.2) is 0 Å². The third-order valence-corrected chi connectivity index (χ3v) is 2.72. The van der Waals surface area contributed by atoms with Crippen molar-refractivity contribution >= 4 is 11.8 Å². The molecular weight excluding hydrogens is 222 g/mol. The number of amides is 2. The number of nitrogens with zero attached hydrogens (tertiary/aromatic N) is 2. The Labute approximate surface area is 98.9 Å². The van der Waals surface area contributed by atoms with E-state index >= 15 is 0 Å². The fraction of sp³-hybridized carbons (Fsp3) is 0.545. The number of aromatic nitrogens is 1. The van der Waals surface area contributed by atoms with Gasteiger partial charge in [0.15, 0.2) is 0 Å². The minimum atomic E-state index is -0.268. The number of hydrogen-bond acceptors (Lipinski definition) is 4. The van der Waals surface area contributed by atoms with E-state index in [1.165, 1.54) is 12.3 Å². The average Bonchev–Trinajstić information content (AvgIpc) is 2.96. The summed E-state index contributed by atoms with van der Waals surface area (Å²) in [6.45, 7) is 2.08. The second-order valence-electron chi connectivity index (χ2n) is 3.97. The summed E-state index contributed by atoms with van der Waals surface area (Å²) in [5.41, 5.74) is 0. The standard InChI is InChI=1S/C11H15N3O3/c15-10-3-1-7-14(10)8-2-5-12-11(16)9-4-6-13-17-9/h4,6H,1-3,5,7-8H2,(H,12,16). The third kappa shape index (κ3) is 3.05. The highest BCUT2D eigenvalue weighted by Gasteiger charge is 2.19. The first-order valence-electron chi connectivity index (χ1n) is 5.74. The van der Waals surface area contributed by atoms with Crippen molar-refractivity contribution in [1.29, 1.82) is 0 Å². The average molecular weight is 237 g/mol. The second kappa shape index (κ2) is 5.47. The summed E-state index contributed by atoms with van der Waals surface area (Å²) in [6.07, 6.45) is 3.79. The molecule has 2 rings (SSSR count). The molecule has 6 heteroatoms. The molecule has 0 aliphatic carbocycles. The van der Waals surface area contributed by atoms with Gasteiger partial charge in [0, 0.05) is 32.1 Å². The molecule has 17 heavy (non-hydrogen) atoms. The van der Waals surface area contributed by atoms with Crippen LogP contribution >= 0.6 is 0 Å². The minimum Gasteiger partial charge on any atom is -0.351 e. The molecule has 0 atom stereocenters. The van der Waals surface area contributed by atoms with Crippen LogP contribution in [0.3, 0.4) is 0 Å². The van der Waals surface area contributed by atoms with E-state index in [4.69, 9.17) is 4.52 Å². The maximum atomic E-state index is 11.4. The Morgan fingerprint density at radius 3 is 3.12 bits per heavy atom. The molecule has 0 aromatic carbocycles. The van der Waals surface area contributed by atoms with Crippen LogP contribution in [0.1, 0.15) is 29.8 Å². The van der Waals surface area contributed by atoms with E-state index in [1.807, 2.05) is 4.90 Å². The number of rotatable bonds is 5. The zero-order valence-electron chi connectivity index (χ0n) is 9.52. The topological polar surface area (TPSA) is 75.4 Å². The Morgan fingerprint density at radius 2 is 2.47 bits per heavy atom. The molecule has 1 saturated heterocycles. The Hall–Kier alpha value is -1.85. The van der Waals surface area contributed by atoms with Crippen molar-refractivity contribution < 1.29 is 14.1 Å². The molecule has 1 aromatic heterocycles. The Kier molecular flexibility index (Phi) is 3.74. The summed E-state index contributed by atoms with van der Waals surface area (Å²) in [5, 5.41) is 6.17. The summed E-state index contributed by atoms with van der Waals surface area (Å²) in [6, 6.07) is 1.51. The minimum absolute atomic E-state index is 0.210. The number of hydrogen-bond donors (Lipinski definition) is 1. The SMILES string of the molecule is O=C(NCCCN1CCCC1=O)c1ccno1. The van der Waals surface area contributed by atoms with E-state index < -0.39 is 0 Å². The van der Waals surface area contributed by atoms with Gasteiger partial charge < -0.3 is 14.7 Å². The van der Waals surface area contributed by atoms with E-state index in [9.17, 15) is 9.59 Å². The molecule has 2 heterocycles. The smallest absolute Gasteiger partial charge is 0.289 e. The van der Waals surface area contributed by atoms with E-state index in [-0.39, 0.29) is 17.6 Å². The van der Waals surface area contributed by atoms with Crippen LogP contribution in [-0.4, -0.2) is 41.5 Å². The van der Waals surface area contributed by atoms with Crippen LogP contribution in [0.15, 0.2) is 16.8 Å². The van der Waals surface area contributed by atoms with Gasteiger partial charge in [-0.3, -0.25) is 9.59 Å². The van der Waals surface area contributed by atoms with Crippen LogP contribution in [-0.2, 0) is 4.79 Å². The first-order chi connectivity index (χ1) is 8.27. The molecule has 0 bridgehead atoms. The van der Waals surface area contributed by atoms with E-state index in [0.29, 0.717) is 19.5 Å². The summed E-state index contributed by atoms with van der Waals surface area (Å²) in [4.78, 5) is 24.6. The largest absolute Gasteiger partial charge is 0.351 e. The summed E-state index contributed by atoms with van der Waals surface area (Å²) < 4.78 is 4.72. The Bertz CT molecular complexity index is 389. The maximum Gasteiger partial charge on any atom is 0.289 e. The molecule has 1 fully saturated rings. The Balaban J connectivity index is 1.63. The lowest BCUT2D eigenvalue weighted by Gasteiger charge is -2.14. The van der Waals surface area contributed by atoms with Crippen LogP contribution in [0.4, 0.5) is 0 Å². The number of likely N-dealkylation sites (tertiary alicyclic amines) is 1. The van der Waals surface area contributed by atoms with Gasteiger partial charge in [0.1, 0.15) is 0 Å². The van der Waals surface area contributed by atoms with Gasteiger partial charge >= 0.3 is 0 Å². The highest BCUT2D eigenvalue weighted by molar-refractivity contribution is 5.91. The monoisotopic (exact) mass is 237 g/mol. The predicted molar refractivity (Wildman–Crippen MR) is 59.3 cm³/mol. The molecule has 0 unspecified atom stereocenters. The molecule has 0 saturated carbocycles. The molecule has 1 aromatic rings. The van der Waals surface area contributed by atoms with Crippen LogP contribution < -0.4 is 5.32 Å². The molecule has 0 radical (unpaired) electrons. The molecule has 0 spiro atoms. The highest BCUT2D eigenvalue weighted by atomic mass is 16.5. The molecule has 1 aliphatic heterocycles. The van der Waals surface area contributed by atoms with Crippen LogP contribution in [0.5, 0.6) is 0 Å². The lowest BCUT2D eigenvalue weighted by molar-refractivity contribution is -0.127. The van der Waals surface area contributed by atoms with Gasteiger partial charge in [0.25, 0.3) is 5.91 Å². The fourth-order valence-electron chi connectivity index (χ4n) is 1.83. The van der Waals surface area contributed by atoms with E-state index in [2.05, 4.69) is 10.5 Å². The molecule has 2 amide bonds. The zero-order valence-corrected chi connectivity index (χ0v) is 9.52. The number of carbonyl (C=O) groups excluding carboxylic acids is 2. The third-order valence-electron chi connectivity index (χ3n) is 2.72. The van der Waals surface area contributed by atoms with Gasteiger partial charge in [-0.2, -0.15) is 0 Å². The predicted octanol–water partition coefficient (Wildman–Crippen LogP) is 0.417. The van der Waals surface area contributed by atoms with E-state index in [1.54, 1.807) is 0 Å². The first kappa shape index (κ1) is 11.6. The molecule has 6 nitrogen and oxygen atoms in total. The fourth-order valence-corrected chi connectivity index (χ4v) is 1.83. The van der Waals surface area contributed by atoms with Crippen molar-refractivity contribution in [3.05, 3.63) is 18.0 Å². The molecule has 1 aliphatic rings. The number of nitrogens with one attached hydrogen (secondary N) is 1. The van der Waals surface area contributed by atoms with Gasteiger partial charge in [-0.15, -0.1) is 0 Å². The van der Waals surface area contributed by atoms with Crippen molar-refractivity contribution in [3.63, 3.8) is 0 Å². The normalized spacial score (nSPS) is 15.3. The van der Waals surface area contributed by atoms with E-state index in [0.717, 1.165) is 19.4 Å². The van der Waals surface area contributed by atoms with Crippen LogP contribution in [0.25, 0.3) is 0 Å². The van der Waals surface area contributed by atoms with Crippen molar-refractivity contribution in [2.75, 3.05) is 19.6 Å².